The molecule has 0 saturated heterocycles. The highest BCUT2D eigenvalue weighted by atomic mass is 16.5. The summed E-state index contributed by atoms with van der Waals surface area (Å²) >= 11 is 0. The van der Waals surface area contributed by atoms with Crippen LogP contribution in [0.4, 0.5) is 0 Å². The topological polar surface area (TPSA) is 52.6 Å². The zero-order valence-electron chi connectivity index (χ0n) is 22.9. The molecule has 34 heavy (non-hydrogen) atoms. The molecule has 0 heterocycles. The molecule has 4 nitrogen and oxygen atoms in total. The van der Waals surface area contributed by atoms with E-state index in [2.05, 4.69) is 20.8 Å². The Bertz CT molecular complexity index is 504. The lowest BCUT2D eigenvalue weighted by atomic mass is 9.81. The van der Waals surface area contributed by atoms with Gasteiger partial charge in [0, 0.05) is 0 Å². The highest BCUT2D eigenvalue weighted by Gasteiger charge is 2.40. The summed E-state index contributed by atoms with van der Waals surface area (Å²) in [5.74, 6) is -0.855. The molecule has 3 atom stereocenters. The lowest BCUT2D eigenvalue weighted by Gasteiger charge is -2.26. The Kier molecular flexibility index (Phi) is 19.3. The molecule has 0 aromatic rings. The molecular weight excluding hydrogens is 424 g/mol. The first-order valence-corrected chi connectivity index (χ1v) is 14.9. The van der Waals surface area contributed by atoms with Crippen LogP contribution in [0.5, 0.6) is 0 Å². The zero-order chi connectivity index (χ0) is 24.9. The van der Waals surface area contributed by atoms with E-state index in [9.17, 15) is 9.59 Å². The van der Waals surface area contributed by atoms with E-state index < -0.39 is 0 Å². The van der Waals surface area contributed by atoms with Crippen molar-refractivity contribution >= 4 is 11.9 Å². The third-order valence-corrected chi connectivity index (χ3v) is 7.53. The average molecular weight is 481 g/mol. The second-order valence-corrected chi connectivity index (χ2v) is 10.7. The van der Waals surface area contributed by atoms with Crippen molar-refractivity contribution in [2.45, 2.75) is 149 Å². The Hall–Kier alpha value is -1.06. The van der Waals surface area contributed by atoms with Crippen molar-refractivity contribution < 1.29 is 19.1 Å². The third kappa shape index (κ3) is 14.4. The molecule has 4 heteroatoms. The first-order valence-electron chi connectivity index (χ1n) is 14.9. The first kappa shape index (κ1) is 31.0. The number of carbonyl (C=O) groups excluding carboxylic acids is 2. The number of esters is 2. The summed E-state index contributed by atoms with van der Waals surface area (Å²) < 4.78 is 11.3. The van der Waals surface area contributed by atoms with Crippen LogP contribution in [0, 0.1) is 17.8 Å². The predicted molar refractivity (Wildman–Crippen MR) is 142 cm³/mol. The number of carbonyl (C=O) groups is 2. The fourth-order valence-corrected chi connectivity index (χ4v) is 5.27. The molecule has 1 rings (SSSR count). The van der Waals surface area contributed by atoms with E-state index in [0.29, 0.717) is 13.2 Å². The van der Waals surface area contributed by atoms with Gasteiger partial charge in [-0.2, -0.15) is 0 Å². The Balaban J connectivity index is 2.31. The van der Waals surface area contributed by atoms with Crippen LogP contribution in [0.15, 0.2) is 0 Å². The van der Waals surface area contributed by atoms with Crippen LogP contribution in [-0.2, 0) is 19.1 Å². The van der Waals surface area contributed by atoms with Gasteiger partial charge < -0.3 is 9.47 Å². The van der Waals surface area contributed by atoms with E-state index >= 15 is 0 Å². The summed E-state index contributed by atoms with van der Waals surface area (Å²) in [7, 11) is 0. The predicted octanol–water partition coefficient (Wildman–Crippen LogP) is 8.80. The van der Waals surface area contributed by atoms with Gasteiger partial charge in [-0.25, -0.2) is 0 Å². The smallest absolute Gasteiger partial charge is 0.310 e. The van der Waals surface area contributed by atoms with Crippen molar-refractivity contribution in [3.63, 3.8) is 0 Å². The molecule has 0 spiro atoms. The lowest BCUT2D eigenvalue weighted by molar-refractivity contribution is -0.163. The van der Waals surface area contributed by atoms with E-state index in [-0.39, 0.29) is 29.7 Å². The largest absolute Gasteiger partial charge is 0.465 e. The van der Waals surface area contributed by atoms with Crippen molar-refractivity contribution in [3.05, 3.63) is 0 Å². The van der Waals surface area contributed by atoms with Gasteiger partial charge >= 0.3 is 11.9 Å². The lowest BCUT2D eigenvalue weighted by Crippen LogP contribution is -2.36. The summed E-state index contributed by atoms with van der Waals surface area (Å²) in [5, 5.41) is 0. The van der Waals surface area contributed by atoms with Crippen LogP contribution >= 0.6 is 0 Å². The molecule has 0 radical (unpaired) electrons. The molecule has 0 aliphatic heterocycles. The third-order valence-electron chi connectivity index (χ3n) is 7.53. The van der Waals surface area contributed by atoms with Gasteiger partial charge in [-0.3, -0.25) is 9.59 Å². The Morgan fingerprint density at radius 2 is 1.00 bits per heavy atom. The molecule has 1 saturated carbocycles. The summed E-state index contributed by atoms with van der Waals surface area (Å²) in [4.78, 5) is 25.9. The minimum absolute atomic E-state index is 0.175. The molecule has 0 N–H and O–H groups in total. The van der Waals surface area contributed by atoms with Crippen molar-refractivity contribution in [1.82, 2.24) is 0 Å². The Labute approximate surface area is 211 Å². The molecule has 1 aliphatic carbocycles. The fraction of sp³-hybridized carbons (Fsp3) is 0.933. The monoisotopic (exact) mass is 480 g/mol. The normalized spacial score (nSPS) is 20.6. The molecule has 0 aromatic carbocycles. The van der Waals surface area contributed by atoms with E-state index in [1.54, 1.807) is 0 Å². The summed E-state index contributed by atoms with van der Waals surface area (Å²) in [6.07, 6.45) is 23.4. The maximum atomic E-state index is 13.0. The van der Waals surface area contributed by atoms with Gasteiger partial charge in [0.1, 0.15) is 0 Å². The molecule has 3 unspecified atom stereocenters. The molecule has 0 bridgehead atoms. The van der Waals surface area contributed by atoms with Crippen molar-refractivity contribution in [3.8, 4) is 0 Å². The van der Waals surface area contributed by atoms with Crippen molar-refractivity contribution in [1.29, 1.82) is 0 Å². The van der Waals surface area contributed by atoms with Gasteiger partial charge in [0.2, 0.25) is 0 Å². The second kappa shape index (κ2) is 21.2. The summed E-state index contributed by atoms with van der Waals surface area (Å²) in [6, 6.07) is 0. The molecule has 0 amide bonds. The highest BCUT2D eigenvalue weighted by molar-refractivity contribution is 5.82. The van der Waals surface area contributed by atoms with Gasteiger partial charge in [-0.1, -0.05) is 124 Å². The Morgan fingerprint density at radius 3 is 1.50 bits per heavy atom. The fourth-order valence-electron chi connectivity index (χ4n) is 5.27. The SMILES string of the molecule is CCCCCCCCCCOC(=O)C1CCCCC(C)C1C(=O)OCCCCCCCCCC. The number of hydrogen-bond acceptors (Lipinski definition) is 4. The van der Waals surface area contributed by atoms with Crippen LogP contribution in [0.25, 0.3) is 0 Å². The van der Waals surface area contributed by atoms with Crippen molar-refractivity contribution in [2.24, 2.45) is 17.8 Å². The van der Waals surface area contributed by atoms with E-state index in [1.807, 2.05) is 0 Å². The van der Waals surface area contributed by atoms with Crippen molar-refractivity contribution in [2.75, 3.05) is 13.2 Å². The number of ether oxygens (including phenoxy) is 2. The van der Waals surface area contributed by atoms with Gasteiger partial charge in [0.15, 0.2) is 0 Å². The molecule has 200 valence electrons. The number of rotatable bonds is 20. The van der Waals surface area contributed by atoms with Crippen LogP contribution in [0.1, 0.15) is 149 Å². The van der Waals surface area contributed by atoms with Crippen LogP contribution in [-0.4, -0.2) is 25.2 Å². The number of unbranched alkanes of at least 4 members (excludes halogenated alkanes) is 14. The van der Waals surface area contributed by atoms with E-state index in [1.165, 1.54) is 77.0 Å². The van der Waals surface area contributed by atoms with Gasteiger partial charge in [0.05, 0.1) is 25.0 Å². The van der Waals surface area contributed by atoms with Crippen LogP contribution < -0.4 is 0 Å². The van der Waals surface area contributed by atoms with E-state index in [4.69, 9.17) is 9.47 Å². The highest BCUT2D eigenvalue weighted by Crippen LogP contribution is 2.35. The Morgan fingerprint density at radius 1 is 0.588 bits per heavy atom. The zero-order valence-corrected chi connectivity index (χ0v) is 22.9. The maximum absolute atomic E-state index is 13.0. The minimum atomic E-state index is -0.345. The quantitative estimate of drug-likeness (QED) is 0.0992. The van der Waals surface area contributed by atoms with E-state index in [0.717, 1.165) is 51.4 Å². The first-order chi connectivity index (χ1) is 16.6. The van der Waals surface area contributed by atoms with Crippen LogP contribution in [0.3, 0.4) is 0 Å². The standard InChI is InChI=1S/C30H56O4/c1-4-6-8-10-12-14-16-20-24-33-29(31)27-23-19-18-22-26(3)28(27)30(32)34-25-21-17-15-13-11-9-7-5-2/h26-28H,4-25H2,1-3H3. The van der Waals surface area contributed by atoms with Gasteiger partial charge in [-0.05, 0) is 31.6 Å². The minimum Gasteiger partial charge on any atom is -0.465 e. The summed E-state index contributed by atoms with van der Waals surface area (Å²) in [5.41, 5.74) is 0. The van der Waals surface area contributed by atoms with Gasteiger partial charge in [-0.15, -0.1) is 0 Å². The van der Waals surface area contributed by atoms with Crippen LogP contribution in [0.2, 0.25) is 0 Å². The molecule has 0 aromatic heterocycles. The average Bonchev–Trinajstić information content (AvgIpc) is 3.03. The molecule has 1 fully saturated rings. The molecular formula is C30H56O4. The molecule has 1 aliphatic rings. The second-order valence-electron chi connectivity index (χ2n) is 10.7. The summed E-state index contributed by atoms with van der Waals surface area (Å²) in [6.45, 7) is 7.55. The maximum Gasteiger partial charge on any atom is 0.310 e. The van der Waals surface area contributed by atoms with Gasteiger partial charge in [0.25, 0.3) is 0 Å². The number of hydrogen-bond donors (Lipinski definition) is 0.